The van der Waals surface area contributed by atoms with Crippen LogP contribution in [0.1, 0.15) is 25.8 Å². The Morgan fingerprint density at radius 2 is 1.83 bits per heavy atom. The number of methoxy groups -OCH3 is 1. The Kier molecular flexibility index (Phi) is 8.27. The highest BCUT2D eigenvalue weighted by atomic mass is 16.6. The molecule has 0 spiro atoms. The van der Waals surface area contributed by atoms with Crippen LogP contribution < -0.4 is 19.5 Å². The number of nitro benzene ring substituents is 1. The van der Waals surface area contributed by atoms with Crippen LogP contribution in [0.3, 0.4) is 0 Å². The Labute approximate surface area is 169 Å². The smallest absolute Gasteiger partial charge is 0.311 e. The lowest BCUT2D eigenvalue weighted by Crippen LogP contribution is -2.29. The van der Waals surface area contributed by atoms with E-state index in [4.69, 9.17) is 14.2 Å². The Balaban J connectivity index is 1.70. The number of nitrogens with zero attached hydrogens (tertiary/aromatic N) is 1. The molecule has 0 atom stereocenters. The fourth-order valence-electron chi connectivity index (χ4n) is 2.63. The van der Waals surface area contributed by atoms with E-state index in [9.17, 15) is 14.9 Å². The summed E-state index contributed by atoms with van der Waals surface area (Å²) in [6, 6.07) is 12.0. The van der Waals surface area contributed by atoms with Crippen LogP contribution in [0.5, 0.6) is 17.2 Å². The minimum absolute atomic E-state index is 0.0812. The van der Waals surface area contributed by atoms with E-state index in [0.29, 0.717) is 12.3 Å². The largest absolute Gasteiger partial charge is 0.491 e. The van der Waals surface area contributed by atoms with Crippen LogP contribution in [0, 0.1) is 10.1 Å². The SMILES string of the molecule is COc1cc(OCC(=O)NCCCc2ccc(OC(C)C)cc2)ccc1[N+](=O)[O-]. The van der Waals surface area contributed by atoms with Crippen molar-refractivity contribution in [1.82, 2.24) is 5.32 Å². The molecular formula is C21H26N2O6. The molecule has 0 fully saturated rings. The van der Waals surface area contributed by atoms with E-state index in [2.05, 4.69) is 5.32 Å². The summed E-state index contributed by atoms with van der Waals surface area (Å²) >= 11 is 0. The van der Waals surface area contributed by atoms with Crippen molar-refractivity contribution in [2.24, 2.45) is 0 Å². The average molecular weight is 402 g/mol. The van der Waals surface area contributed by atoms with Gasteiger partial charge in [0.05, 0.1) is 18.1 Å². The van der Waals surface area contributed by atoms with Gasteiger partial charge in [-0.2, -0.15) is 0 Å². The molecule has 0 saturated heterocycles. The molecule has 0 aliphatic carbocycles. The maximum Gasteiger partial charge on any atom is 0.311 e. The van der Waals surface area contributed by atoms with E-state index < -0.39 is 4.92 Å². The molecule has 29 heavy (non-hydrogen) atoms. The Morgan fingerprint density at radius 3 is 2.45 bits per heavy atom. The molecule has 0 aromatic heterocycles. The zero-order valence-electron chi connectivity index (χ0n) is 16.8. The fourth-order valence-corrected chi connectivity index (χ4v) is 2.63. The van der Waals surface area contributed by atoms with Gasteiger partial charge in [0.2, 0.25) is 5.75 Å². The first-order chi connectivity index (χ1) is 13.9. The van der Waals surface area contributed by atoms with Crippen LogP contribution in [0.4, 0.5) is 5.69 Å². The molecule has 0 aliphatic heterocycles. The Hall–Kier alpha value is -3.29. The van der Waals surface area contributed by atoms with E-state index in [-0.39, 0.29) is 30.1 Å². The molecule has 0 saturated carbocycles. The molecule has 0 aliphatic rings. The second kappa shape index (κ2) is 10.9. The van der Waals surface area contributed by atoms with Crippen molar-refractivity contribution in [2.45, 2.75) is 32.8 Å². The molecule has 1 N–H and O–H groups in total. The molecular weight excluding hydrogens is 376 g/mol. The van der Waals surface area contributed by atoms with Crippen molar-refractivity contribution >= 4 is 11.6 Å². The van der Waals surface area contributed by atoms with Gasteiger partial charge < -0.3 is 19.5 Å². The van der Waals surface area contributed by atoms with Crippen LogP contribution >= 0.6 is 0 Å². The van der Waals surface area contributed by atoms with E-state index in [1.807, 2.05) is 38.1 Å². The van der Waals surface area contributed by atoms with Crippen molar-refractivity contribution in [1.29, 1.82) is 0 Å². The van der Waals surface area contributed by atoms with Crippen LogP contribution in [0.2, 0.25) is 0 Å². The number of nitrogens with one attached hydrogen (secondary N) is 1. The van der Waals surface area contributed by atoms with Crippen molar-refractivity contribution in [3.05, 3.63) is 58.1 Å². The van der Waals surface area contributed by atoms with Crippen molar-refractivity contribution in [3.63, 3.8) is 0 Å². The highest BCUT2D eigenvalue weighted by Crippen LogP contribution is 2.30. The second-order valence-electron chi connectivity index (χ2n) is 6.64. The minimum Gasteiger partial charge on any atom is -0.491 e. The maximum absolute atomic E-state index is 11.9. The third-order valence-electron chi connectivity index (χ3n) is 3.98. The molecule has 0 bridgehead atoms. The number of rotatable bonds is 11. The zero-order chi connectivity index (χ0) is 21.2. The van der Waals surface area contributed by atoms with E-state index in [0.717, 1.165) is 18.6 Å². The number of ether oxygens (including phenoxy) is 3. The van der Waals surface area contributed by atoms with Gasteiger partial charge in [0.15, 0.2) is 6.61 Å². The van der Waals surface area contributed by atoms with Gasteiger partial charge in [-0.05, 0) is 50.5 Å². The Bertz CT molecular complexity index is 820. The van der Waals surface area contributed by atoms with Crippen molar-refractivity contribution < 1.29 is 23.9 Å². The van der Waals surface area contributed by atoms with Gasteiger partial charge in [-0.15, -0.1) is 0 Å². The van der Waals surface area contributed by atoms with Crippen molar-refractivity contribution in [2.75, 3.05) is 20.3 Å². The lowest BCUT2D eigenvalue weighted by atomic mass is 10.1. The molecule has 8 nitrogen and oxygen atoms in total. The molecule has 0 radical (unpaired) electrons. The summed E-state index contributed by atoms with van der Waals surface area (Å²) in [6.07, 6.45) is 1.77. The molecule has 0 heterocycles. The monoisotopic (exact) mass is 402 g/mol. The molecule has 8 heteroatoms. The normalized spacial score (nSPS) is 10.5. The van der Waals surface area contributed by atoms with Gasteiger partial charge in [0.1, 0.15) is 11.5 Å². The molecule has 156 valence electrons. The predicted octanol–water partition coefficient (Wildman–Crippen LogP) is 3.52. The zero-order valence-corrected chi connectivity index (χ0v) is 16.8. The van der Waals surface area contributed by atoms with Crippen LogP contribution in [-0.4, -0.2) is 37.2 Å². The first-order valence-corrected chi connectivity index (χ1v) is 9.36. The standard InChI is InChI=1S/C21H26N2O6/c1-15(2)29-17-8-6-16(7-9-17)5-4-12-22-21(24)14-28-18-10-11-19(23(25)26)20(13-18)27-3/h6-11,13,15H,4-5,12,14H2,1-3H3,(H,22,24). The van der Waals surface area contributed by atoms with E-state index in [1.165, 1.54) is 30.9 Å². The molecule has 1 amide bonds. The fraction of sp³-hybridized carbons (Fsp3) is 0.381. The number of carbonyl (C=O) groups is 1. The number of benzene rings is 2. The van der Waals surface area contributed by atoms with Gasteiger partial charge in [-0.3, -0.25) is 14.9 Å². The van der Waals surface area contributed by atoms with Gasteiger partial charge in [0.25, 0.3) is 5.91 Å². The average Bonchev–Trinajstić information content (AvgIpc) is 2.70. The summed E-state index contributed by atoms with van der Waals surface area (Å²) in [5.74, 6) is 0.990. The number of hydrogen-bond donors (Lipinski definition) is 1. The summed E-state index contributed by atoms with van der Waals surface area (Å²) in [4.78, 5) is 22.3. The number of aryl methyl sites for hydroxylation is 1. The first-order valence-electron chi connectivity index (χ1n) is 9.36. The molecule has 2 aromatic rings. The maximum atomic E-state index is 11.9. The third-order valence-corrected chi connectivity index (χ3v) is 3.98. The molecule has 0 unspecified atom stereocenters. The summed E-state index contributed by atoms with van der Waals surface area (Å²) in [6.45, 7) is 4.31. The quantitative estimate of drug-likeness (QED) is 0.351. The van der Waals surface area contributed by atoms with E-state index >= 15 is 0 Å². The molecule has 2 rings (SSSR count). The lowest BCUT2D eigenvalue weighted by Gasteiger charge is -2.10. The van der Waals surface area contributed by atoms with Gasteiger partial charge >= 0.3 is 5.69 Å². The lowest BCUT2D eigenvalue weighted by molar-refractivity contribution is -0.385. The van der Waals surface area contributed by atoms with Crippen molar-refractivity contribution in [3.8, 4) is 17.2 Å². The van der Waals surface area contributed by atoms with Gasteiger partial charge in [0, 0.05) is 18.7 Å². The predicted molar refractivity (Wildman–Crippen MR) is 109 cm³/mol. The highest BCUT2D eigenvalue weighted by Gasteiger charge is 2.15. The highest BCUT2D eigenvalue weighted by molar-refractivity contribution is 5.77. The van der Waals surface area contributed by atoms with E-state index in [1.54, 1.807) is 0 Å². The third kappa shape index (κ3) is 7.33. The first kappa shape index (κ1) is 22.0. The second-order valence-corrected chi connectivity index (χ2v) is 6.64. The Morgan fingerprint density at radius 1 is 1.14 bits per heavy atom. The number of carbonyl (C=O) groups excluding carboxylic acids is 1. The summed E-state index contributed by atoms with van der Waals surface area (Å²) in [5.41, 5.74) is 1.01. The molecule has 2 aromatic carbocycles. The topological polar surface area (TPSA) is 99.9 Å². The van der Waals surface area contributed by atoms with Crippen LogP contribution in [-0.2, 0) is 11.2 Å². The van der Waals surface area contributed by atoms with Crippen LogP contribution in [0.25, 0.3) is 0 Å². The number of nitro groups is 1. The summed E-state index contributed by atoms with van der Waals surface area (Å²) in [7, 11) is 1.34. The van der Waals surface area contributed by atoms with Crippen LogP contribution in [0.15, 0.2) is 42.5 Å². The van der Waals surface area contributed by atoms with Gasteiger partial charge in [-0.25, -0.2) is 0 Å². The number of amides is 1. The minimum atomic E-state index is -0.541. The summed E-state index contributed by atoms with van der Waals surface area (Å²) in [5, 5.41) is 13.7. The summed E-state index contributed by atoms with van der Waals surface area (Å²) < 4.78 is 16.0. The van der Waals surface area contributed by atoms with Gasteiger partial charge in [-0.1, -0.05) is 12.1 Å². The number of hydrogen-bond acceptors (Lipinski definition) is 6.